The molecule has 22 heavy (non-hydrogen) atoms. The van der Waals surface area contributed by atoms with Crippen molar-refractivity contribution in [3.63, 3.8) is 0 Å². The Balaban J connectivity index is 2.16. The highest BCUT2D eigenvalue weighted by atomic mass is 32.2. The lowest BCUT2D eigenvalue weighted by atomic mass is 10.1. The molecule has 2 aromatic rings. The molecule has 1 unspecified atom stereocenters. The quantitative estimate of drug-likeness (QED) is 0.876. The average molecular weight is 322 g/mol. The normalized spacial score (nSPS) is 14.5. The predicted molar refractivity (Wildman–Crippen MR) is 83.2 cm³/mol. The molecule has 0 amide bonds. The van der Waals surface area contributed by atoms with Crippen molar-refractivity contribution in [3.05, 3.63) is 42.7 Å². The fourth-order valence-electron chi connectivity index (χ4n) is 2.04. The Morgan fingerprint density at radius 3 is 2.45 bits per heavy atom. The number of carbonyl (C=O) groups is 1. The Kier molecular flexibility index (Phi) is 4.37. The van der Waals surface area contributed by atoms with E-state index in [-0.39, 0.29) is 13.0 Å². The molecule has 6 nitrogen and oxygen atoms in total. The van der Waals surface area contributed by atoms with Crippen LogP contribution in [0.15, 0.2) is 42.7 Å². The van der Waals surface area contributed by atoms with Crippen LogP contribution in [-0.2, 0) is 21.2 Å². The number of hydrogen-bond acceptors (Lipinski definition) is 4. The van der Waals surface area contributed by atoms with Gasteiger partial charge in [-0.15, -0.1) is 0 Å². The molecule has 0 saturated heterocycles. The minimum Gasteiger partial charge on any atom is -0.480 e. The first-order valence-corrected chi connectivity index (χ1v) is 8.64. The van der Waals surface area contributed by atoms with Crippen LogP contribution in [0.3, 0.4) is 0 Å². The van der Waals surface area contributed by atoms with E-state index in [2.05, 4.69) is 5.10 Å². The van der Waals surface area contributed by atoms with Gasteiger partial charge in [-0.05, 0) is 18.9 Å². The number of rotatable bonds is 6. The summed E-state index contributed by atoms with van der Waals surface area (Å²) >= 11 is 0. The third kappa shape index (κ3) is 3.19. The number of carboxylic acids is 1. The van der Waals surface area contributed by atoms with Crippen LogP contribution in [0.1, 0.15) is 13.3 Å². The number of benzene rings is 1. The highest BCUT2D eigenvalue weighted by Gasteiger charge is 2.43. The summed E-state index contributed by atoms with van der Waals surface area (Å²) in [6.07, 6.45) is 4.35. The topological polar surface area (TPSA) is 89.3 Å². The second-order valence-electron chi connectivity index (χ2n) is 5.42. The summed E-state index contributed by atoms with van der Waals surface area (Å²) < 4.78 is 23.2. The number of sulfone groups is 1. The van der Waals surface area contributed by atoms with Crippen LogP contribution in [0.5, 0.6) is 0 Å². The minimum atomic E-state index is -3.72. The van der Waals surface area contributed by atoms with Gasteiger partial charge in [0.1, 0.15) is 0 Å². The molecule has 1 atom stereocenters. The number of aromatic nitrogens is 2. The van der Waals surface area contributed by atoms with Gasteiger partial charge in [0.25, 0.3) is 0 Å². The van der Waals surface area contributed by atoms with E-state index in [0.717, 1.165) is 17.4 Å². The van der Waals surface area contributed by atoms with Crippen molar-refractivity contribution < 1.29 is 18.3 Å². The molecule has 0 spiro atoms. The van der Waals surface area contributed by atoms with Gasteiger partial charge in [0.15, 0.2) is 14.6 Å². The van der Waals surface area contributed by atoms with E-state index >= 15 is 0 Å². The predicted octanol–water partition coefficient (Wildman–Crippen LogP) is 1.83. The summed E-state index contributed by atoms with van der Waals surface area (Å²) in [5, 5.41) is 13.4. The van der Waals surface area contributed by atoms with Crippen molar-refractivity contribution in [1.29, 1.82) is 0 Å². The Hall–Kier alpha value is -2.15. The van der Waals surface area contributed by atoms with Gasteiger partial charge in [-0.2, -0.15) is 5.10 Å². The van der Waals surface area contributed by atoms with Crippen LogP contribution < -0.4 is 0 Å². The fraction of sp³-hybridized carbons (Fsp3) is 0.333. The van der Waals surface area contributed by atoms with Gasteiger partial charge in [0.05, 0.1) is 6.20 Å². The van der Waals surface area contributed by atoms with Crippen LogP contribution in [0, 0.1) is 0 Å². The van der Waals surface area contributed by atoms with Gasteiger partial charge in [-0.1, -0.05) is 30.3 Å². The molecular formula is C15H18N2O4S. The molecule has 7 heteroatoms. The fourth-order valence-corrected chi connectivity index (χ4v) is 2.82. The molecule has 1 N–H and O–H groups in total. The largest absolute Gasteiger partial charge is 0.480 e. The summed E-state index contributed by atoms with van der Waals surface area (Å²) in [5.74, 6) is -1.34. The highest BCUT2D eigenvalue weighted by Crippen LogP contribution is 2.23. The Morgan fingerprint density at radius 1 is 1.27 bits per heavy atom. The average Bonchev–Trinajstić information content (AvgIpc) is 2.93. The summed E-state index contributed by atoms with van der Waals surface area (Å²) in [5.41, 5.74) is 1.90. The molecule has 0 aliphatic heterocycles. The van der Waals surface area contributed by atoms with Crippen molar-refractivity contribution >= 4 is 15.8 Å². The molecule has 118 valence electrons. The van der Waals surface area contributed by atoms with E-state index in [1.165, 1.54) is 6.92 Å². The van der Waals surface area contributed by atoms with Crippen molar-refractivity contribution in [2.24, 2.45) is 0 Å². The van der Waals surface area contributed by atoms with Crippen LogP contribution in [0.25, 0.3) is 11.1 Å². The third-order valence-electron chi connectivity index (χ3n) is 3.83. The first kappa shape index (κ1) is 16.2. The van der Waals surface area contributed by atoms with Crippen molar-refractivity contribution in [2.75, 3.05) is 6.26 Å². The molecule has 2 rings (SSSR count). The van der Waals surface area contributed by atoms with Gasteiger partial charge >= 0.3 is 5.97 Å². The van der Waals surface area contributed by atoms with E-state index in [4.69, 9.17) is 0 Å². The maximum absolute atomic E-state index is 11.7. The summed E-state index contributed by atoms with van der Waals surface area (Å²) in [6, 6.07) is 9.63. The van der Waals surface area contributed by atoms with Gasteiger partial charge in [-0.25, -0.2) is 8.42 Å². The van der Waals surface area contributed by atoms with E-state index in [1.54, 1.807) is 17.1 Å². The number of nitrogens with zero attached hydrogens (tertiary/aromatic N) is 2. The summed E-state index contributed by atoms with van der Waals surface area (Å²) in [7, 11) is -3.72. The molecule has 0 bridgehead atoms. The number of hydrogen-bond donors (Lipinski definition) is 1. The molecule has 0 aliphatic carbocycles. The molecular weight excluding hydrogens is 304 g/mol. The van der Waals surface area contributed by atoms with E-state index in [1.807, 2.05) is 30.3 Å². The van der Waals surface area contributed by atoms with Crippen molar-refractivity contribution in [1.82, 2.24) is 9.78 Å². The lowest BCUT2D eigenvalue weighted by molar-refractivity contribution is -0.139. The second-order valence-corrected chi connectivity index (χ2v) is 7.86. The highest BCUT2D eigenvalue weighted by molar-refractivity contribution is 7.92. The molecule has 1 heterocycles. The third-order valence-corrected chi connectivity index (χ3v) is 5.84. The van der Waals surface area contributed by atoms with E-state index < -0.39 is 20.6 Å². The smallest absolute Gasteiger partial charge is 0.324 e. The minimum absolute atomic E-state index is 0.0446. The van der Waals surface area contributed by atoms with Gasteiger partial charge in [-0.3, -0.25) is 9.48 Å². The first-order chi connectivity index (χ1) is 10.2. The lowest BCUT2D eigenvalue weighted by Crippen LogP contribution is -2.43. The maximum Gasteiger partial charge on any atom is 0.324 e. The summed E-state index contributed by atoms with van der Waals surface area (Å²) in [6.45, 7) is 1.44. The number of aryl methyl sites for hydroxylation is 1. The van der Waals surface area contributed by atoms with Crippen molar-refractivity contribution in [3.8, 4) is 11.1 Å². The van der Waals surface area contributed by atoms with E-state index in [9.17, 15) is 18.3 Å². The zero-order chi connectivity index (χ0) is 16.4. The van der Waals surface area contributed by atoms with Crippen LogP contribution in [0.2, 0.25) is 0 Å². The Bertz CT molecular complexity index is 768. The lowest BCUT2D eigenvalue weighted by Gasteiger charge is -2.22. The zero-order valence-corrected chi connectivity index (χ0v) is 13.2. The Labute approximate surface area is 129 Å². The van der Waals surface area contributed by atoms with Crippen molar-refractivity contribution in [2.45, 2.75) is 24.6 Å². The van der Waals surface area contributed by atoms with Crippen LogP contribution in [-0.4, -0.2) is 40.3 Å². The Morgan fingerprint density at radius 2 is 1.91 bits per heavy atom. The first-order valence-electron chi connectivity index (χ1n) is 6.75. The van der Waals surface area contributed by atoms with Gasteiger partial charge in [0, 0.05) is 24.6 Å². The zero-order valence-electron chi connectivity index (χ0n) is 12.4. The molecule has 0 saturated carbocycles. The molecule has 1 aromatic heterocycles. The van der Waals surface area contributed by atoms with Gasteiger partial charge < -0.3 is 5.11 Å². The number of aliphatic carboxylic acids is 1. The number of carboxylic acid groups (broad SMARTS) is 1. The SMILES string of the molecule is CC(CCn1cc(-c2ccccc2)cn1)(C(=O)O)S(C)(=O)=O. The monoisotopic (exact) mass is 322 g/mol. The van der Waals surface area contributed by atoms with Crippen LogP contribution >= 0.6 is 0 Å². The summed E-state index contributed by atoms with van der Waals surface area (Å²) in [4.78, 5) is 11.3. The molecule has 1 aromatic carbocycles. The van der Waals surface area contributed by atoms with E-state index in [0.29, 0.717) is 0 Å². The molecule has 0 radical (unpaired) electrons. The maximum atomic E-state index is 11.7. The second kappa shape index (κ2) is 5.92. The van der Waals surface area contributed by atoms with Gasteiger partial charge in [0.2, 0.25) is 0 Å². The standard InChI is InChI=1S/C15H18N2O4S/c1-15(14(18)19,22(2,20)21)8-9-17-11-13(10-16-17)12-6-4-3-5-7-12/h3-7,10-11H,8-9H2,1-2H3,(H,18,19). The van der Waals surface area contributed by atoms with Crippen LogP contribution in [0.4, 0.5) is 0 Å². The molecule has 0 fully saturated rings. The molecule has 0 aliphatic rings.